The molecule has 0 radical (unpaired) electrons. The maximum Gasteiger partial charge on any atom is 3.00 e. The Kier molecular flexibility index (Phi) is 9.83. The topological polar surface area (TPSA) is 106 Å². The summed E-state index contributed by atoms with van der Waals surface area (Å²) in [5.41, 5.74) is 10.3. The number of halogens is 1. The molecule has 0 atom stereocenters. The number of aromatic nitrogens is 8. The summed E-state index contributed by atoms with van der Waals surface area (Å²) in [4.78, 5) is 41.6. The van der Waals surface area contributed by atoms with Crippen LogP contribution in [0.15, 0.2) is 72.8 Å². The van der Waals surface area contributed by atoms with E-state index < -0.39 is 0 Å². The van der Waals surface area contributed by atoms with Crippen molar-refractivity contribution in [3.05, 3.63) is 95.1 Å². The zero-order valence-electron chi connectivity index (χ0n) is 35.3. The van der Waals surface area contributed by atoms with E-state index in [-0.39, 0.29) is 51.1 Å². The summed E-state index contributed by atoms with van der Waals surface area (Å²) >= 11 is 0. The van der Waals surface area contributed by atoms with Gasteiger partial charge in [-0.05, 0) is 89.7 Å². The second kappa shape index (κ2) is 13.8. The zero-order chi connectivity index (χ0) is 39.7. The molecule has 10 heteroatoms. The third-order valence-corrected chi connectivity index (χ3v) is 11.2. The quantitative estimate of drug-likeness (QED) is 0.141. The van der Waals surface area contributed by atoms with Crippen LogP contribution in [-0.4, -0.2) is 29.9 Å². The summed E-state index contributed by atoms with van der Waals surface area (Å²) in [6.45, 7) is 26.6. The molecule has 3 aromatic heterocycles. The fourth-order valence-electron chi connectivity index (χ4n) is 7.53. The summed E-state index contributed by atoms with van der Waals surface area (Å²) in [5, 5.41) is 3.64. The van der Waals surface area contributed by atoms with Crippen molar-refractivity contribution in [3.8, 4) is 45.6 Å². The summed E-state index contributed by atoms with van der Waals surface area (Å²) in [6.07, 6.45) is 0. The van der Waals surface area contributed by atoms with Crippen molar-refractivity contribution in [2.75, 3.05) is 0 Å². The number of fused-ring (bicyclic) bond motifs is 20. The number of hydrogen-bond donors (Lipinski definition) is 0. The van der Waals surface area contributed by atoms with Crippen LogP contribution in [0, 0.1) is 0 Å². The second-order valence-electron chi connectivity index (χ2n) is 19.5. The Morgan fingerprint density at radius 3 is 0.931 bits per heavy atom. The minimum absolute atomic E-state index is 0. The number of hydrogen-bond acceptors (Lipinski definition) is 6. The van der Waals surface area contributed by atoms with Gasteiger partial charge >= 0.3 is 17.1 Å². The summed E-state index contributed by atoms with van der Waals surface area (Å²) in [5.74, 6) is 2.24. The van der Waals surface area contributed by atoms with Gasteiger partial charge in [0.05, 0.1) is 23.3 Å². The zero-order valence-corrected chi connectivity index (χ0v) is 37.2. The molecular formula is C48H48ClMnN8. The predicted octanol–water partition coefficient (Wildman–Crippen LogP) is 8.32. The average molecular weight is 827 g/mol. The summed E-state index contributed by atoms with van der Waals surface area (Å²) < 4.78 is 0. The van der Waals surface area contributed by atoms with E-state index in [0.717, 1.165) is 43.8 Å². The largest absolute Gasteiger partial charge is 3.00 e. The average Bonchev–Trinajstić information content (AvgIpc) is 3.84. The summed E-state index contributed by atoms with van der Waals surface area (Å²) in [7, 11) is 0. The molecule has 8 bridgehead atoms. The van der Waals surface area contributed by atoms with Crippen molar-refractivity contribution in [1.29, 1.82) is 0 Å². The Labute approximate surface area is 357 Å². The first-order valence-electron chi connectivity index (χ1n) is 19.5. The molecule has 2 aliphatic rings. The van der Waals surface area contributed by atoms with Gasteiger partial charge in [-0.25, -0.2) is 9.97 Å². The van der Waals surface area contributed by atoms with Gasteiger partial charge in [0.2, 0.25) is 0 Å². The van der Waals surface area contributed by atoms with Gasteiger partial charge in [0.15, 0.2) is 0 Å². The number of benzene rings is 4. The molecular weight excluding hydrogens is 779 g/mol. The van der Waals surface area contributed by atoms with Gasteiger partial charge < -0.3 is 42.3 Å². The van der Waals surface area contributed by atoms with Crippen molar-refractivity contribution in [1.82, 2.24) is 39.9 Å². The van der Waals surface area contributed by atoms with Crippen LogP contribution in [0.2, 0.25) is 0 Å². The molecule has 9 rings (SSSR count). The third-order valence-electron chi connectivity index (χ3n) is 11.2. The first kappa shape index (κ1) is 41.2. The molecule has 0 N–H and O–H groups in total. The molecule has 7 aromatic rings. The van der Waals surface area contributed by atoms with Gasteiger partial charge in [0, 0.05) is 44.8 Å². The Hall–Kier alpha value is -4.95. The van der Waals surface area contributed by atoms with E-state index in [1.54, 1.807) is 0 Å². The first-order chi connectivity index (χ1) is 26.2. The molecule has 0 saturated carbocycles. The Morgan fingerprint density at radius 1 is 0.328 bits per heavy atom. The molecule has 2 aliphatic heterocycles. The van der Waals surface area contributed by atoms with Gasteiger partial charge in [-0.15, -0.1) is 0 Å². The van der Waals surface area contributed by atoms with Crippen LogP contribution in [0.3, 0.4) is 0 Å². The van der Waals surface area contributed by atoms with Crippen molar-refractivity contribution < 1.29 is 29.5 Å². The Balaban J connectivity index is 0.00000256. The van der Waals surface area contributed by atoms with E-state index in [1.807, 2.05) is 0 Å². The first-order valence-corrected chi connectivity index (χ1v) is 19.5. The molecule has 5 heterocycles. The van der Waals surface area contributed by atoms with E-state index >= 15 is 0 Å². The molecule has 0 aliphatic carbocycles. The van der Waals surface area contributed by atoms with E-state index in [9.17, 15) is 0 Å². The van der Waals surface area contributed by atoms with Gasteiger partial charge in [0.1, 0.15) is 0 Å². The normalized spacial score (nSPS) is 12.9. The number of nitrogens with zero attached hydrogens (tertiary/aromatic N) is 8. The molecule has 0 unspecified atom stereocenters. The van der Waals surface area contributed by atoms with Gasteiger partial charge in [-0.2, -0.15) is 0 Å². The standard InChI is InChI=1S/C48H48N8.ClH.Mn/c1-45(2,3)25-13-17-29-33(21-25)41-49-37(29)54-42-35-23-27(47(7,8)9)15-19-31(35)39(51-42)56-44-36-24-28(48(10,11)12)16-20-32(36)40(52-44)55-43-34-22-26(46(4,5)6)14-18-30(34)38(50-43)53-41;;/h13-24H,1-12H3;1H;/q-2;;+3/p-1. The monoisotopic (exact) mass is 826 g/mol. The molecule has 8 nitrogen and oxygen atoms in total. The van der Waals surface area contributed by atoms with E-state index in [2.05, 4.69) is 156 Å². The van der Waals surface area contributed by atoms with Crippen molar-refractivity contribution in [3.63, 3.8) is 0 Å². The summed E-state index contributed by atoms with van der Waals surface area (Å²) in [6, 6.07) is 25.9. The van der Waals surface area contributed by atoms with Crippen LogP contribution in [0.5, 0.6) is 0 Å². The Bertz CT molecular complexity index is 2770. The minimum Gasteiger partial charge on any atom is -1.00 e. The van der Waals surface area contributed by atoms with Gasteiger partial charge in [-0.3, -0.25) is 0 Å². The second-order valence-corrected chi connectivity index (χ2v) is 19.5. The predicted molar refractivity (Wildman–Crippen MR) is 229 cm³/mol. The van der Waals surface area contributed by atoms with Gasteiger partial charge in [-0.1, -0.05) is 132 Å². The molecule has 0 amide bonds. The Morgan fingerprint density at radius 2 is 0.603 bits per heavy atom. The number of rotatable bonds is 0. The molecule has 58 heavy (non-hydrogen) atoms. The van der Waals surface area contributed by atoms with E-state index in [1.165, 1.54) is 22.3 Å². The molecule has 0 fully saturated rings. The van der Waals surface area contributed by atoms with Gasteiger partial charge in [0.25, 0.3) is 0 Å². The minimum atomic E-state index is -0.0826. The fourth-order valence-corrected chi connectivity index (χ4v) is 7.53. The van der Waals surface area contributed by atoms with Crippen LogP contribution >= 0.6 is 0 Å². The smallest absolute Gasteiger partial charge is 1.00 e. The third kappa shape index (κ3) is 7.01. The van der Waals surface area contributed by atoms with E-state index in [4.69, 9.17) is 39.9 Å². The molecule has 4 aromatic carbocycles. The fraction of sp³-hybridized carbons (Fsp3) is 0.333. The van der Waals surface area contributed by atoms with Crippen molar-refractivity contribution in [2.45, 2.75) is 105 Å². The molecule has 0 spiro atoms. The SMILES string of the molecule is CC(C)(C)c1ccc2c(c1)-c1nc-2nc2[n-]c(nc3nc(nc4[n-]c(n1)c1ccc(C(C)(C)C)cc41)-c1ccc(C(C)(C)C)cc1-3)c1ccc(C(C)(C)C)cc21.[Cl-].[Mn+3]. The van der Waals surface area contributed by atoms with Crippen LogP contribution in [0.4, 0.5) is 0 Å². The molecule has 0 saturated heterocycles. The van der Waals surface area contributed by atoms with Crippen LogP contribution in [-0.2, 0) is 38.7 Å². The van der Waals surface area contributed by atoms with E-state index in [0.29, 0.717) is 45.9 Å². The van der Waals surface area contributed by atoms with Crippen LogP contribution < -0.4 is 22.4 Å². The maximum atomic E-state index is 5.25. The van der Waals surface area contributed by atoms with Crippen LogP contribution in [0.1, 0.15) is 105 Å². The molecule has 294 valence electrons. The van der Waals surface area contributed by atoms with Crippen LogP contribution in [0.25, 0.3) is 89.7 Å². The maximum absolute atomic E-state index is 5.25. The van der Waals surface area contributed by atoms with Crippen molar-refractivity contribution in [2.24, 2.45) is 0 Å². The van der Waals surface area contributed by atoms with Crippen molar-refractivity contribution >= 4 is 44.1 Å².